The van der Waals surface area contributed by atoms with Gasteiger partial charge in [-0.1, -0.05) is 42.5 Å². The second-order valence-corrected chi connectivity index (χ2v) is 7.02. The molecular weight excluding hydrogens is 350 g/mol. The summed E-state index contributed by atoms with van der Waals surface area (Å²) in [5, 5.41) is 10.5. The molecule has 0 unspecified atom stereocenters. The van der Waals surface area contributed by atoms with Crippen LogP contribution in [-0.4, -0.2) is 32.8 Å². The monoisotopic (exact) mass is 381 g/mol. The second-order valence-electron chi connectivity index (χ2n) is 7.02. The summed E-state index contributed by atoms with van der Waals surface area (Å²) in [4.78, 5) is 15.8. The van der Waals surface area contributed by atoms with Crippen LogP contribution < -0.4 is 10.6 Å². The Morgan fingerprint density at radius 3 is 2.68 bits per heavy atom. The highest BCUT2D eigenvalue weighted by Crippen LogP contribution is 2.06. The Bertz CT molecular complexity index is 752. The summed E-state index contributed by atoms with van der Waals surface area (Å²) in [6.07, 6.45) is 11.9. The Labute approximate surface area is 167 Å². The van der Waals surface area contributed by atoms with Crippen LogP contribution in [0.3, 0.4) is 0 Å². The van der Waals surface area contributed by atoms with Gasteiger partial charge in [-0.05, 0) is 51.7 Å². The lowest BCUT2D eigenvalue weighted by atomic mass is 10.1. The summed E-state index contributed by atoms with van der Waals surface area (Å²) in [7, 11) is 0. The molecule has 6 heteroatoms. The molecule has 0 fully saturated rings. The molecule has 0 saturated carbocycles. The Balaban J connectivity index is 1.67. The number of amides is 1. The van der Waals surface area contributed by atoms with Crippen molar-refractivity contribution in [2.24, 2.45) is 0 Å². The number of benzene rings is 1. The van der Waals surface area contributed by atoms with E-state index in [1.54, 1.807) is 0 Å². The molecule has 0 aliphatic carbocycles. The van der Waals surface area contributed by atoms with Gasteiger partial charge in [-0.2, -0.15) is 5.10 Å². The summed E-state index contributed by atoms with van der Waals surface area (Å²) in [6, 6.07) is 11.4. The van der Waals surface area contributed by atoms with E-state index in [1.165, 1.54) is 22.9 Å². The van der Waals surface area contributed by atoms with Gasteiger partial charge in [0.05, 0.1) is 0 Å². The highest BCUT2D eigenvalue weighted by Gasteiger charge is 2.08. The predicted molar refractivity (Wildman–Crippen MR) is 113 cm³/mol. The first kappa shape index (κ1) is 21.6. The summed E-state index contributed by atoms with van der Waals surface area (Å²) < 4.78 is 1.50. The van der Waals surface area contributed by atoms with Crippen molar-refractivity contribution >= 4 is 5.91 Å². The van der Waals surface area contributed by atoms with Gasteiger partial charge in [-0.3, -0.25) is 4.79 Å². The summed E-state index contributed by atoms with van der Waals surface area (Å²) in [6.45, 7) is 6.50. The van der Waals surface area contributed by atoms with Crippen LogP contribution in [0.25, 0.3) is 0 Å². The zero-order valence-electron chi connectivity index (χ0n) is 17.0. The Morgan fingerprint density at radius 1 is 1.21 bits per heavy atom. The first-order chi connectivity index (χ1) is 13.6. The van der Waals surface area contributed by atoms with Crippen LogP contribution in [0.1, 0.15) is 39.2 Å². The molecule has 0 radical (unpaired) electrons. The van der Waals surface area contributed by atoms with Gasteiger partial charge < -0.3 is 10.6 Å². The lowest BCUT2D eigenvalue weighted by Crippen LogP contribution is -2.35. The van der Waals surface area contributed by atoms with Gasteiger partial charge in [0, 0.05) is 17.8 Å². The molecule has 1 amide bonds. The third-order valence-corrected chi connectivity index (χ3v) is 4.38. The van der Waals surface area contributed by atoms with Gasteiger partial charge in [-0.15, -0.1) is 0 Å². The molecule has 2 rings (SSSR count). The molecule has 150 valence electrons. The van der Waals surface area contributed by atoms with E-state index in [-0.39, 0.29) is 12.5 Å². The van der Waals surface area contributed by atoms with Crippen LogP contribution in [0, 0.1) is 0 Å². The van der Waals surface area contributed by atoms with Crippen LogP contribution in [0.4, 0.5) is 0 Å². The normalized spacial score (nSPS) is 14.2. The third kappa shape index (κ3) is 8.31. The third-order valence-electron chi connectivity index (χ3n) is 4.38. The fourth-order valence-corrected chi connectivity index (χ4v) is 3.02. The van der Waals surface area contributed by atoms with E-state index in [2.05, 4.69) is 64.9 Å². The van der Waals surface area contributed by atoms with Crippen molar-refractivity contribution in [3.8, 4) is 0 Å². The fraction of sp³-hybridized carbons (Fsp3) is 0.409. The van der Waals surface area contributed by atoms with Crippen molar-refractivity contribution in [1.82, 2.24) is 25.4 Å². The lowest BCUT2D eigenvalue weighted by Gasteiger charge is -2.19. The van der Waals surface area contributed by atoms with E-state index < -0.39 is 0 Å². The van der Waals surface area contributed by atoms with Crippen LogP contribution in [0.2, 0.25) is 0 Å². The predicted octanol–water partition coefficient (Wildman–Crippen LogP) is 3.24. The maximum atomic E-state index is 12.0. The van der Waals surface area contributed by atoms with Gasteiger partial charge in [0.2, 0.25) is 5.91 Å². The van der Waals surface area contributed by atoms with Gasteiger partial charge in [0.25, 0.3) is 0 Å². The molecule has 1 aromatic heterocycles. The molecule has 2 atom stereocenters. The molecule has 28 heavy (non-hydrogen) atoms. The first-order valence-electron chi connectivity index (χ1n) is 9.82. The molecule has 2 N–H and O–H groups in total. The quantitative estimate of drug-likeness (QED) is 0.586. The van der Waals surface area contributed by atoms with E-state index in [1.807, 2.05) is 25.1 Å². The minimum atomic E-state index is -0.118. The number of allylic oxidation sites excluding steroid dienone is 3. The number of hydrogen-bond donors (Lipinski definition) is 2. The zero-order valence-corrected chi connectivity index (χ0v) is 17.0. The summed E-state index contributed by atoms with van der Waals surface area (Å²) in [5.74, 6) is -0.118. The standard InChI is InChI=1S/C22H31N5O/c1-4-21(26-22(28)15-27-17-23-16-24-27)13-9-8-10-18(2)25-19(3)14-20-11-6-5-7-12-20/h4-7,9,11-13,16-19,25H,8,10,14-15H2,1-3H3,(H,26,28)/b13-9-,21-4+/t18-,19+/m0/s1. The largest absolute Gasteiger partial charge is 0.325 e. The molecule has 1 heterocycles. The number of nitrogens with one attached hydrogen (secondary N) is 2. The minimum Gasteiger partial charge on any atom is -0.325 e. The molecular formula is C22H31N5O. The van der Waals surface area contributed by atoms with Crippen molar-refractivity contribution < 1.29 is 4.79 Å². The molecule has 1 aromatic carbocycles. The molecule has 0 bridgehead atoms. The Hall–Kier alpha value is -2.73. The maximum Gasteiger partial charge on any atom is 0.246 e. The fourth-order valence-electron chi connectivity index (χ4n) is 3.02. The van der Waals surface area contributed by atoms with E-state index >= 15 is 0 Å². The van der Waals surface area contributed by atoms with Crippen molar-refractivity contribution in [1.29, 1.82) is 0 Å². The summed E-state index contributed by atoms with van der Waals surface area (Å²) >= 11 is 0. The number of carbonyl (C=O) groups is 1. The number of carbonyl (C=O) groups excluding carboxylic acids is 1. The Kier molecular flexibility index (Phi) is 9.15. The Morgan fingerprint density at radius 2 is 2.00 bits per heavy atom. The van der Waals surface area contributed by atoms with E-state index in [4.69, 9.17) is 0 Å². The average Bonchev–Trinajstić information content (AvgIpc) is 3.17. The van der Waals surface area contributed by atoms with E-state index in [0.29, 0.717) is 12.1 Å². The van der Waals surface area contributed by atoms with Gasteiger partial charge in [-0.25, -0.2) is 9.67 Å². The average molecular weight is 382 g/mol. The van der Waals surface area contributed by atoms with Gasteiger partial charge in [0.15, 0.2) is 0 Å². The molecule has 0 spiro atoms. The van der Waals surface area contributed by atoms with E-state index in [0.717, 1.165) is 25.0 Å². The zero-order chi connectivity index (χ0) is 20.2. The van der Waals surface area contributed by atoms with Gasteiger partial charge >= 0.3 is 0 Å². The van der Waals surface area contributed by atoms with Gasteiger partial charge in [0.1, 0.15) is 19.2 Å². The highest BCUT2D eigenvalue weighted by atomic mass is 16.2. The topological polar surface area (TPSA) is 71.8 Å². The van der Waals surface area contributed by atoms with Crippen LogP contribution >= 0.6 is 0 Å². The molecule has 0 aliphatic rings. The minimum absolute atomic E-state index is 0.118. The second kappa shape index (κ2) is 11.9. The number of aromatic nitrogens is 3. The van der Waals surface area contributed by atoms with E-state index in [9.17, 15) is 4.79 Å². The smallest absolute Gasteiger partial charge is 0.246 e. The number of hydrogen-bond acceptors (Lipinski definition) is 4. The van der Waals surface area contributed by atoms with Crippen LogP contribution in [-0.2, 0) is 17.8 Å². The molecule has 2 aromatic rings. The van der Waals surface area contributed by atoms with Crippen molar-refractivity contribution in [3.63, 3.8) is 0 Å². The van der Waals surface area contributed by atoms with Crippen molar-refractivity contribution in [2.45, 2.75) is 58.7 Å². The molecule has 0 aliphatic heterocycles. The first-order valence-corrected chi connectivity index (χ1v) is 9.82. The maximum absolute atomic E-state index is 12.0. The van der Waals surface area contributed by atoms with Crippen molar-refractivity contribution in [3.05, 3.63) is 72.5 Å². The number of nitrogens with zero attached hydrogens (tertiary/aromatic N) is 3. The molecule has 6 nitrogen and oxygen atoms in total. The SMILES string of the molecule is C/C=C(\C=C/CC[C@H](C)N[C@H](C)Cc1ccccc1)NC(=O)Cn1cncn1. The van der Waals surface area contributed by atoms with Crippen LogP contribution in [0.5, 0.6) is 0 Å². The summed E-state index contributed by atoms with van der Waals surface area (Å²) in [5.41, 5.74) is 2.15. The van der Waals surface area contributed by atoms with Crippen molar-refractivity contribution in [2.75, 3.05) is 0 Å². The lowest BCUT2D eigenvalue weighted by molar-refractivity contribution is -0.121. The van der Waals surface area contributed by atoms with Crippen LogP contribution in [0.15, 0.2) is 66.9 Å². The molecule has 0 saturated heterocycles. The highest BCUT2D eigenvalue weighted by molar-refractivity contribution is 5.77. The number of rotatable bonds is 11.